The number of hydrogen-bond donors (Lipinski definition) is 1. The molecule has 0 unspecified atom stereocenters. The molecular formula is C16H23N5O2. The van der Waals surface area contributed by atoms with Gasteiger partial charge in [0.2, 0.25) is 5.91 Å². The highest BCUT2D eigenvalue weighted by Gasteiger charge is 2.27. The Morgan fingerprint density at radius 2 is 2.48 bits per heavy atom. The summed E-state index contributed by atoms with van der Waals surface area (Å²) < 4.78 is 7.11. The molecule has 1 saturated heterocycles. The second-order valence-corrected chi connectivity index (χ2v) is 6.09. The molecule has 0 aromatic carbocycles. The number of rotatable bonds is 6. The van der Waals surface area contributed by atoms with E-state index in [4.69, 9.17) is 4.42 Å². The van der Waals surface area contributed by atoms with Gasteiger partial charge in [0.15, 0.2) is 0 Å². The highest BCUT2D eigenvalue weighted by molar-refractivity contribution is 5.81. The highest BCUT2D eigenvalue weighted by Crippen LogP contribution is 2.20. The van der Waals surface area contributed by atoms with Crippen LogP contribution in [0.5, 0.6) is 0 Å². The number of nitrogens with one attached hydrogen (secondary N) is 1. The van der Waals surface area contributed by atoms with Gasteiger partial charge in [0, 0.05) is 13.1 Å². The Labute approximate surface area is 135 Å². The number of aromatic nitrogens is 3. The molecule has 7 nitrogen and oxygen atoms in total. The molecule has 0 aliphatic carbocycles. The number of carbonyl (C=O) groups is 1. The molecule has 124 valence electrons. The average Bonchev–Trinajstić information content (AvgIpc) is 3.25. The van der Waals surface area contributed by atoms with Gasteiger partial charge in [-0.2, -0.15) is 5.10 Å². The van der Waals surface area contributed by atoms with E-state index < -0.39 is 0 Å². The number of likely N-dealkylation sites (tertiary alicyclic amines) is 1. The second-order valence-electron chi connectivity index (χ2n) is 6.09. The fraction of sp³-hybridized carbons (Fsp3) is 0.562. The molecule has 3 rings (SSSR count). The van der Waals surface area contributed by atoms with Gasteiger partial charge in [0.25, 0.3) is 0 Å². The topological polar surface area (TPSA) is 76.2 Å². The van der Waals surface area contributed by atoms with Crippen LogP contribution in [0, 0.1) is 5.92 Å². The Bertz CT molecular complexity index is 596. The standard InChI is InChI=1S/C16H23N5O2/c1-13(16(22)18-8-15-5-3-7-23-15)20-6-2-4-14(9-20)10-21-12-17-11-19-21/h3,5,7,11-14H,2,4,6,8-10H2,1H3,(H,18,22)/t13-,14-/m0/s1. The molecule has 23 heavy (non-hydrogen) atoms. The first-order valence-electron chi connectivity index (χ1n) is 8.09. The summed E-state index contributed by atoms with van der Waals surface area (Å²) >= 11 is 0. The molecule has 0 saturated carbocycles. The summed E-state index contributed by atoms with van der Waals surface area (Å²) in [5, 5.41) is 7.11. The third kappa shape index (κ3) is 4.19. The molecule has 2 aromatic heterocycles. The SMILES string of the molecule is C[C@@H](C(=O)NCc1ccco1)N1CCC[C@H](Cn2cncn2)C1. The van der Waals surface area contributed by atoms with Gasteiger partial charge in [-0.15, -0.1) is 0 Å². The third-order valence-electron chi connectivity index (χ3n) is 4.41. The van der Waals surface area contributed by atoms with Gasteiger partial charge in [-0.1, -0.05) is 0 Å². The summed E-state index contributed by atoms with van der Waals surface area (Å²) in [6, 6.07) is 3.55. The van der Waals surface area contributed by atoms with Crippen LogP contribution in [-0.2, 0) is 17.9 Å². The van der Waals surface area contributed by atoms with Crippen LogP contribution in [0.1, 0.15) is 25.5 Å². The van der Waals surface area contributed by atoms with Crippen LogP contribution in [0.4, 0.5) is 0 Å². The molecule has 3 heterocycles. The van der Waals surface area contributed by atoms with Crippen molar-refractivity contribution in [1.29, 1.82) is 0 Å². The lowest BCUT2D eigenvalue weighted by Gasteiger charge is -2.36. The van der Waals surface area contributed by atoms with Gasteiger partial charge in [0.1, 0.15) is 18.4 Å². The van der Waals surface area contributed by atoms with Crippen molar-refractivity contribution in [3.8, 4) is 0 Å². The number of furan rings is 1. The summed E-state index contributed by atoms with van der Waals surface area (Å²) in [5.41, 5.74) is 0. The molecule has 1 aliphatic rings. The first-order valence-corrected chi connectivity index (χ1v) is 8.09. The minimum Gasteiger partial charge on any atom is -0.467 e. The van der Waals surface area contributed by atoms with Crippen molar-refractivity contribution in [2.75, 3.05) is 13.1 Å². The predicted octanol–water partition coefficient (Wildman–Crippen LogP) is 1.29. The summed E-state index contributed by atoms with van der Waals surface area (Å²) in [4.78, 5) is 18.6. The lowest BCUT2D eigenvalue weighted by atomic mass is 9.96. The zero-order chi connectivity index (χ0) is 16.1. The van der Waals surface area contributed by atoms with E-state index >= 15 is 0 Å². The number of piperidine rings is 1. The van der Waals surface area contributed by atoms with Crippen molar-refractivity contribution >= 4 is 5.91 Å². The van der Waals surface area contributed by atoms with Crippen LogP contribution >= 0.6 is 0 Å². The largest absolute Gasteiger partial charge is 0.467 e. The van der Waals surface area contributed by atoms with Gasteiger partial charge < -0.3 is 9.73 Å². The Hall–Kier alpha value is -2.15. The van der Waals surface area contributed by atoms with Crippen LogP contribution in [0.25, 0.3) is 0 Å². The maximum Gasteiger partial charge on any atom is 0.237 e. The van der Waals surface area contributed by atoms with Gasteiger partial charge in [-0.05, 0) is 44.4 Å². The lowest BCUT2D eigenvalue weighted by molar-refractivity contribution is -0.126. The number of carbonyl (C=O) groups excluding carboxylic acids is 1. The minimum absolute atomic E-state index is 0.0443. The number of hydrogen-bond acceptors (Lipinski definition) is 5. The minimum atomic E-state index is -0.136. The van der Waals surface area contributed by atoms with E-state index in [1.807, 2.05) is 23.7 Å². The zero-order valence-electron chi connectivity index (χ0n) is 13.4. The molecule has 0 radical (unpaired) electrons. The number of nitrogens with zero attached hydrogens (tertiary/aromatic N) is 4. The van der Waals surface area contributed by atoms with Gasteiger partial charge >= 0.3 is 0 Å². The van der Waals surface area contributed by atoms with Crippen molar-refractivity contribution in [3.05, 3.63) is 36.8 Å². The molecule has 1 N–H and O–H groups in total. The Kier molecular flexibility index (Phi) is 5.07. The number of amides is 1. The Balaban J connectivity index is 1.49. The summed E-state index contributed by atoms with van der Waals surface area (Å²) in [6.07, 6.45) is 7.19. The van der Waals surface area contributed by atoms with Crippen molar-refractivity contribution in [1.82, 2.24) is 25.0 Å². The summed E-state index contributed by atoms with van der Waals surface area (Å²) in [5.74, 6) is 1.32. The summed E-state index contributed by atoms with van der Waals surface area (Å²) in [7, 11) is 0. The molecule has 2 atom stereocenters. The highest BCUT2D eigenvalue weighted by atomic mass is 16.3. The van der Waals surface area contributed by atoms with Crippen LogP contribution < -0.4 is 5.32 Å². The van der Waals surface area contributed by atoms with Crippen molar-refractivity contribution < 1.29 is 9.21 Å². The maximum atomic E-state index is 12.3. The second kappa shape index (κ2) is 7.41. The molecular weight excluding hydrogens is 294 g/mol. The van der Waals surface area contributed by atoms with Crippen molar-refractivity contribution in [2.24, 2.45) is 5.92 Å². The zero-order valence-corrected chi connectivity index (χ0v) is 13.4. The van der Waals surface area contributed by atoms with Crippen molar-refractivity contribution in [3.63, 3.8) is 0 Å². The molecule has 1 aliphatic heterocycles. The van der Waals surface area contributed by atoms with E-state index in [1.54, 1.807) is 18.9 Å². The van der Waals surface area contributed by atoms with Crippen LogP contribution in [-0.4, -0.2) is 44.7 Å². The lowest BCUT2D eigenvalue weighted by Crippen LogP contribution is -2.49. The first-order chi connectivity index (χ1) is 11.2. The molecule has 2 aromatic rings. The van der Waals surface area contributed by atoms with Gasteiger partial charge in [-0.25, -0.2) is 4.98 Å². The maximum absolute atomic E-state index is 12.3. The third-order valence-corrected chi connectivity index (χ3v) is 4.41. The molecule has 0 spiro atoms. The van der Waals surface area contributed by atoms with E-state index in [9.17, 15) is 4.79 Å². The Morgan fingerprint density at radius 1 is 1.57 bits per heavy atom. The molecule has 7 heteroatoms. The van der Waals surface area contributed by atoms with Crippen LogP contribution in [0.2, 0.25) is 0 Å². The summed E-state index contributed by atoms with van der Waals surface area (Å²) in [6.45, 7) is 5.14. The fourth-order valence-electron chi connectivity index (χ4n) is 3.09. The molecule has 1 amide bonds. The van der Waals surface area contributed by atoms with Gasteiger partial charge in [-0.3, -0.25) is 14.4 Å². The first kappa shape index (κ1) is 15.7. The quantitative estimate of drug-likeness (QED) is 0.869. The van der Waals surface area contributed by atoms with E-state index in [1.165, 1.54) is 0 Å². The van der Waals surface area contributed by atoms with E-state index in [-0.39, 0.29) is 11.9 Å². The molecule has 1 fully saturated rings. The average molecular weight is 317 g/mol. The Morgan fingerprint density at radius 3 is 3.22 bits per heavy atom. The van der Waals surface area contributed by atoms with Crippen LogP contribution in [0.15, 0.2) is 35.5 Å². The van der Waals surface area contributed by atoms with E-state index in [0.717, 1.165) is 38.2 Å². The predicted molar refractivity (Wildman–Crippen MR) is 84.3 cm³/mol. The molecule has 0 bridgehead atoms. The smallest absolute Gasteiger partial charge is 0.237 e. The normalized spacial score (nSPS) is 20.3. The van der Waals surface area contributed by atoms with Crippen LogP contribution in [0.3, 0.4) is 0 Å². The van der Waals surface area contributed by atoms with E-state index in [2.05, 4.69) is 20.3 Å². The van der Waals surface area contributed by atoms with Crippen molar-refractivity contribution in [2.45, 2.75) is 38.9 Å². The van der Waals surface area contributed by atoms with Gasteiger partial charge in [0.05, 0.1) is 18.8 Å². The fourth-order valence-corrected chi connectivity index (χ4v) is 3.09. The monoisotopic (exact) mass is 317 g/mol. The van der Waals surface area contributed by atoms with E-state index in [0.29, 0.717) is 12.5 Å².